The third-order valence-electron chi connectivity index (χ3n) is 3.27. The maximum absolute atomic E-state index is 12.3. The van der Waals surface area contributed by atoms with Crippen molar-refractivity contribution >= 4 is 16.1 Å². The molecular weight excluding hydrogens is 296 g/mol. The number of rotatable bonds is 2. The predicted molar refractivity (Wildman–Crippen MR) is 75.7 cm³/mol. The van der Waals surface area contributed by atoms with Crippen molar-refractivity contribution in [3.05, 3.63) is 11.6 Å². The van der Waals surface area contributed by atoms with Crippen LogP contribution in [0.1, 0.15) is 37.2 Å². The quantitative estimate of drug-likeness (QED) is 0.728. The maximum atomic E-state index is 12.3. The van der Waals surface area contributed by atoms with Gasteiger partial charge in [0.25, 0.3) is 16.1 Å². The van der Waals surface area contributed by atoms with Crippen LogP contribution in [0.25, 0.3) is 0 Å². The first-order valence-electron chi connectivity index (χ1n) is 6.59. The average molecular weight is 316 g/mol. The molecule has 0 bridgehead atoms. The monoisotopic (exact) mass is 316 g/mol. The zero-order valence-corrected chi connectivity index (χ0v) is 13.1. The van der Waals surface area contributed by atoms with Crippen LogP contribution in [0, 0.1) is 0 Å². The van der Waals surface area contributed by atoms with E-state index in [1.807, 2.05) is 20.8 Å². The van der Waals surface area contributed by atoms with Crippen molar-refractivity contribution in [2.24, 2.45) is 5.14 Å². The summed E-state index contributed by atoms with van der Waals surface area (Å²) < 4.78 is 23.6. The van der Waals surface area contributed by atoms with Crippen LogP contribution in [-0.4, -0.2) is 64.9 Å². The van der Waals surface area contributed by atoms with Gasteiger partial charge in [0, 0.05) is 31.6 Å². The van der Waals surface area contributed by atoms with E-state index in [4.69, 9.17) is 5.14 Å². The largest absolute Gasteiger partial charge is 0.333 e. The van der Waals surface area contributed by atoms with Crippen LogP contribution in [0.3, 0.4) is 0 Å². The number of nitrogens with zero attached hydrogens (tertiary/aromatic N) is 4. The summed E-state index contributed by atoms with van der Waals surface area (Å²) in [5.41, 5.74) is -0.224. The molecule has 1 aromatic heterocycles. The Hall–Kier alpha value is -1.52. The Bertz CT molecular complexity index is 625. The van der Waals surface area contributed by atoms with Crippen molar-refractivity contribution in [3.8, 4) is 0 Å². The molecule has 1 fully saturated rings. The van der Waals surface area contributed by atoms with Crippen LogP contribution in [0.4, 0.5) is 0 Å². The molecule has 0 unspecified atom stereocenters. The van der Waals surface area contributed by atoms with E-state index in [1.165, 1.54) is 4.90 Å². The number of H-pyrrole nitrogens is 1. The standard InChI is InChI=1S/C11H20N6O3S/c1-11(2,3)10-13-8(14-15-10)9(18)16-4-6-17(7-5-16)21(12,19)20/h4-7H2,1-3H3,(H2,12,19,20)(H,13,14,15). The summed E-state index contributed by atoms with van der Waals surface area (Å²) in [7, 11) is -3.70. The fourth-order valence-electron chi connectivity index (χ4n) is 1.98. The molecule has 3 N–H and O–H groups in total. The predicted octanol–water partition coefficient (Wildman–Crippen LogP) is -0.936. The van der Waals surface area contributed by atoms with Gasteiger partial charge in [0.1, 0.15) is 5.82 Å². The molecule has 2 heterocycles. The number of piperazine rings is 1. The third-order valence-corrected chi connectivity index (χ3v) is 4.36. The van der Waals surface area contributed by atoms with E-state index in [0.29, 0.717) is 5.82 Å². The average Bonchev–Trinajstić information content (AvgIpc) is 2.86. The van der Waals surface area contributed by atoms with Gasteiger partial charge in [-0.25, -0.2) is 10.1 Å². The van der Waals surface area contributed by atoms with Gasteiger partial charge in [0.15, 0.2) is 0 Å². The van der Waals surface area contributed by atoms with Crippen molar-refractivity contribution < 1.29 is 13.2 Å². The van der Waals surface area contributed by atoms with E-state index in [-0.39, 0.29) is 43.3 Å². The molecule has 10 heteroatoms. The number of amides is 1. The second-order valence-electron chi connectivity index (χ2n) is 5.99. The van der Waals surface area contributed by atoms with Crippen molar-refractivity contribution in [1.82, 2.24) is 24.4 Å². The minimum Gasteiger partial charge on any atom is -0.333 e. The fraction of sp³-hybridized carbons (Fsp3) is 0.727. The second-order valence-corrected chi connectivity index (χ2v) is 7.54. The van der Waals surface area contributed by atoms with Crippen LogP contribution >= 0.6 is 0 Å². The van der Waals surface area contributed by atoms with Crippen LogP contribution in [0.5, 0.6) is 0 Å². The van der Waals surface area contributed by atoms with Gasteiger partial charge >= 0.3 is 0 Å². The first kappa shape index (κ1) is 15.9. The first-order valence-corrected chi connectivity index (χ1v) is 8.09. The SMILES string of the molecule is CC(C)(C)c1nc(C(=O)N2CCN(S(N)(=O)=O)CC2)n[nH]1. The van der Waals surface area contributed by atoms with Crippen molar-refractivity contribution in [3.63, 3.8) is 0 Å². The van der Waals surface area contributed by atoms with Gasteiger partial charge < -0.3 is 4.90 Å². The summed E-state index contributed by atoms with van der Waals surface area (Å²) >= 11 is 0. The highest BCUT2D eigenvalue weighted by atomic mass is 32.2. The van der Waals surface area contributed by atoms with Gasteiger partial charge in [-0.05, 0) is 0 Å². The second kappa shape index (κ2) is 5.35. The molecule has 1 aliphatic heterocycles. The molecule has 0 saturated carbocycles. The summed E-state index contributed by atoms with van der Waals surface area (Å²) in [5, 5.41) is 11.8. The molecule has 1 aromatic rings. The van der Waals surface area contributed by atoms with Crippen LogP contribution in [-0.2, 0) is 15.6 Å². The summed E-state index contributed by atoms with van der Waals surface area (Å²) in [4.78, 5) is 18.0. The van der Waals surface area contributed by atoms with Crippen LogP contribution in [0.15, 0.2) is 0 Å². The lowest BCUT2D eigenvalue weighted by atomic mass is 9.96. The highest BCUT2D eigenvalue weighted by molar-refractivity contribution is 7.86. The molecule has 1 amide bonds. The number of aromatic nitrogens is 3. The van der Waals surface area contributed by atoms with E-state index in [0.717, 1.165) is 4.31 Å². The number of aromatic amines is 1. The lowest BCUT2D eigenvalue weighted by Gasteiger charge is -2.32. The number of nitrogens with two attached hydrogens (primary N) is 1. The Morgan fingerprint density at radius 1 is 1.24 bits per heavy atom. The van der Waals surface area contributed by atoms with E-state index < -0.39 is 10.2 Å². The van der Waals surface area contributed by atoms with Crippen molar-refractivity contribution in [1.29, 1.82) is 0 Å². The number of hydrogen-bond donors (Lipinski definition) is 2. The molecule has 118 valence electrons. The van der Waals surface area contributed by atoms with Gasteiger partial charge in [0.05, 0.1) is 0 Å². The molecule has 2 rings (SSSR count). The summed E-state index contributed by atoms with van der Waals surface area (Å²) in [6.45, 7) is 6.80. The zero-order chi connectivity index (χ0) is 15.8. The number of carbonyl (C=O) groups is 1. The highest BCUT2D eigenvalue weighted by Crippen LogP contribution is 2.18. The number of nitrogens with one attached hydrogen (secondary N) is 1. The Morgan fingerprint density at radius 2 is 1.81 bits per heavy atom. The van der Waals surface area contributed by atoms with Gasteiger partial charge in [-0.1, -0.05) is 20.8 Å². The summed E-state index contributed by atoms with van der Waals surface area (Å²) in [6.07, 6.45) is 0. The first-order chi connectivity index (χ1) is 9.59. The molecule has 1 saturated heterocycles. The van der Waals surface area contributed by atoms with E-state index in [1.54, 1.807) is 0 Å². The molecule has 9 nitrogen and oxygen atoms in total. The van der Waals surface area contributed by atoms with Gasteiger partial charge in [-0.15, -0.1) is 5.10 Å². The minimum absolute atomic E-state index is 0.101. The smallest absolute Gasteiger partial charge is 0.293 e. The van der Waals surface area contributed by atoms with E-state index in [2.05, 4.69) is 15.2 Å². The van der Waals surface area contributed by atoms with Gasteiger partial charge in [-0.3, -0.25) is 9.89 Å². The molecular formula is C11H20N6O3S. The Balaban J connectivity index is 2.04. The van der Waals surface area contributed by atoms with Crippen molar-refractivity contribution in [2.75, 3.05) is 26.2 Å². The molecule has 0 spiro atoms. The highest BCUT2D eigenvalue weighted by Gasteiger charge is 2.29. The molecule has 0 aromatic carbocycles. The normalized spacial score (nSPS) is 18.0. The molecule has 0 atom stereocenters. The lowest BCUT2D eigenvalue weighted by Crippen LogP contribution is -2.52. The number of carbonyl (C=O) groups excluding carboxylic acids is 1. The topological polar surface area (TPSA) is 125 Å². The molecule has 21 heavy (non-hydrogen) atoms. The lowest BCUT2D eigenvalue weighted by molar-refractivity contribution is 0.0686. The van der Waals surface area contributed by atoms with Crippen molar-refractivity contribution in [2.45, 2.75) is 26.2 Å². The maximum Gasteiger partial charge on any atom is 0.293 e. The minimum atomic E-state index is -3.70. The van der Waals surface area contributed by atoms with E-state index in [9.17, 15) is 13.2 Å². The Labute approximate surface area is 123 Å². The molecule has 0 aliphatic carbocycles. The fourth-order valence-corrected chi connectivity index (χ4v) is 2.65. The summed E-state index contributed by atoms with van der Waals surface area (Å²) in [6, 6.07) is 0. The van der Waals surface area contributed by atoms with E-state index >= 15 is 0 Å². The van der Waals surface area contributed by atoms with Gasteiger partial charge in [-0.2, -0.15) is 12.7 Å². The number of hydrogen-bond acceptors (Lipinski definition) is 5. The van der Waals surface area contributed by atoms with Gasteiger partial charge in [0.2, 0.25) is 5.82 Å². The summed E-state index contributed by atoms with van der Waals surface area (Å²) in [5.74, 6) is 0.425. The Kier molecular flexibility index (Phi) is 4.04. The van der Waals surface area contributed by atoms with Crippen LogP contribution < -0.4 is 5.14 Å². The van der Waals surface area contributed by atoms with Crippen LogP contribution in [0.2, 0.25) is 0 Å². The zero-order valence-electron chi connectivity index (χ0n) is 12.3. The molecule has 1 aliphatic rings. The third kappa shape index (κ3) is 3.57. The Morgan fingerprint density at radius 3 is 2.24 bits per heavy atom. The molecule has 0 radical (unpaired) electrons.